The van der Waals surface area contributed by atoms with Gasteiger partial charge in [0.1, 0.15) is 5.75 Å². The molecule has 0 saturated carbocycles. The predicted octanol–water partition coefficient (Wildman–Crippen LogP) is 3.50. The number of hydrogen-bond acceptors (Lipinski definition) is 4. The van der Waals surface area contributed by atoms with Crippen molar-refractivity contribution >= 4 is 23.2 Å². The van der Waals surface area contributed by atoms with Crippen LogP contribution in [0.1, 0.15) is 12.0 Å². The van der Waals surface area contributed by atoms with Crippen molar-refractivity contribution in [2.75, 3.05) is 45.2 Å². The van der Waals surface area contributed by atoms with E-state index in [0.29, 0.717) is 12.2 Å². The highest BCUT2D eigenvalue weighted by molar-refractivity contribution is 6.30. The van der Waals surface area contributed by atoms with Crippen molar-refractivity contribution in [1.82, 2.24) is 9.80 Å². The molecule has 1 N–H and O–H groups in total. The summed E-state index contributed by atoms with van der Waals surface area (Å²) in [7, 11) is 1.61. The van der Waals surface area contributed by atoms with Crippen molar-refractivity contribution in [2.24, 2.45) is 0 Å². The van der Waals surface area contributed by atoms with Crippen LogP contribution in [0.4, 0.5) is 5.69 Å². The van der Waals surface area contributed by atoms with Crippen molar-refractivity contribution in [3.8, 4) is 5.75 Å². The molecule has 144 valence electrons. The summed E-state index contributed by atoms with van der Waals surface area (Å²) in [6.45, 7) is 5.70. The summed E-state index contributed by atoms with van der Waals surface area (Å²) in [6.07, 6.45) is 0.481. The molecule has 2 aromatic carbocycles. The molecule has 5 nitrogen and oxygen atoms in total. The number of nitrogens with zero attached hydrogens (tertiary/aromatic N) is 2. The Balaban J connectivity index is 1.39. The maximum atomic E-state index is 12.2. The topological polar surface area (TPSA) is 44.8 Å². The Kier molecular flexibility index (Phi) is 7.10. The van der Waals surface area contributed by atoms with Gasteiger partial charge in [-0.3, -0.25) is 9.69 Å². The van der Waals surface area contributed by atoms with Gasteiger partial charge in [-0.1, -0.05) is 35.9 Å². The van der Waals surface area contributed by atoms with Crippen molar-refractivity contribution in [2.45, 2.75) is 13.0 Å². The number of piperazine rings is 1. The first-order valence-electron chi connectivity index (χ1n) is 9.26. The van der Waals surface area contributed by atoms with E-state index in [9.17, 15) is 4.79 Å². The lowest BCUT2D eigenvalue weighted by atomic mass is 10.2. The van der Waals surface area contributed by atoms with Gasteiger partial charge in [-0.05, 0) is 29.8 Å². The number of ether oxygens (including phenoxy) is 1. The number of carbonyl (C=O) groups excluding carboxylic acids is 1. The third kappa shape index (κ3) is 5.96. The van der Waals surface area contributed by atoms with Crippen molar-refractivity contribution in [3.05, 3.63) is 59.1 Å². The fraction of sp³-hybridized carbons (Fsp3) is 0.381. The zero-order valence-electron chi connectivity index (χ0n) is 15.7. The number of amides is 1. The smallest absolute Gasteiger partial charge is 0.225 e. The Bertz CT molecular complexity index is 743. The van der Waals surface area contributed by atoms with Crippen LogP contribution in [-0.4, -0.2) is 55.5 Å². The van der Waals surface area contributed by atoms with Crippen molar-refractivity contribution < 1.29 is 9.53 Å². The first kappa shape index (κ1) is 19.7. The van der Waals surface area contributed by atoms with Crippen LogP contribution in [0, 0.1) is 0 Å². The van der Waals surface area contributed by atoms with Crippen LogP contribution in [0.2, 0.25) is 5.02 Å². The Hall–Kier alpha value is -2.08. The Labute approximate surface area is 165 Å². The van der Waals surface area contributed by atoms with Gasteiger partial charge in [-0.25, -0.2) is 0 Å². The molecule has 1 aliphatic heterocycles. The Morgan fingerprint density at radius 1 is 1.04 bits per heavy atom. The third-order valence-electron chi connectivity index (χ3n) is 4.82. The van der Waals surface area contributed by atoms with E-state index < -0.39 is 0 Å². The largest absolute Gasteiger partial charge is 0.495 e. The second-order valence-electron chi connectivity index (χ2n) is 6.74. The molecule has 0 bridgehead atoms. The zero-order valence-corrected chi connectivity index (χ0v) is 16.4. The molecule has 1 heterocycles. The van der Waals surface area contributed by atoms with E-state index in [2.05, 4.69) is 27.2 Å². The normalized spacial score (nSPS) is 15.5. The molecule has 0 unspecified atom stereocenters. The first-order valence-corrected chi connectivity index (χ1v) is 9.64. The molecule has 0 aromatic heterocycles. The fourth-order valence-corrected chi connectivity index (χ4v) is 3.37. The van der Waals surface area contributed by atoms with E-state index in [1.165, 1.54) is 5.56 Å². The van der Waals surface area contributed by atoms with Gasteiger partial charge in [0, 0.05) is 50.7 Å². The minimum absolute atomic E-state index is 0.0168. The van der Waals surface area contributed by atoms with Crippen LogP contribution in [0.25, 0.3) is 0 Å². The van der Waals surface area contributed by atoms with Gasteiger partial charge in [-0.15, -0.1) is 0 Å². The van der Waals surface area contributed by atoms with E-state index in [4.69, 9.17) is 16.3 Å². The molecule has 0 atom stereocenters. The zero-order chi connectivity index (χ0) is 19.1. The highest BCUT2D eigenvalue weighted by Crippen LogP contribution is 2.23. The fourth-order valence-electron chi connectivity index (χ4n) is 3.24. The molecule has 27 heavy (non-hydrogen) atoms. The van der Waals surface area contributed by atoms with E-state index in [-0.39, 0.29) is 5.91 Å². The lowest BCUT2D eigenvalue weighted by molar-refractivity contribution is -0.116. The molecular weight excluding hydrogens is 362 g/mol. The van der Waals surface area contributed by atoms with Crippen LogP contribution in [0.15, 0.2) is 48.5 Å². The molecular formula is C21H26ClN3O2. The second-order valence-corrected chi connectivity index (χ2v) is 7.18. The second kappa shape index (κ2) is 9.74. The molecule has 3 rings (SSSR count). The van der Waals surface area contributed by atoms with Crippen LogP contribution in [-0.2, 0) is 11.3 Å². The number of nitrogens with one attached hydrogen (secondary N) is 1. The average Bonchev–Trinajstić information content (AvgIpc) is 2.69. The Morgan fingerprint density at radius 3 is 2.41 bits per heavy atom. The maximum absolute atomic E-state index is 12.2. The van der Waals surface area contributed by atoms with Crippen LogP contribution in [0.5, 0.6) is 5.75 Å². The molecule has 0 spiro atoms. The van der Waals surface area contributed by atoms with E-state index in [1.54, 1.807) is 7.11 Å². The highest BCUT2D eigenvalue weighted by atomic mass is 35.5. The first-order chi connectivity index (χ1) is 13.1. The number of para-hydroxylation sites is 2. The number of carbonyl (C=O) groups is 1. The van der Waals surface area contributed by atoms with Gasteiger partial charge < -0.3 is 15.0 Å². The van der Waals surface area contributed by atoms with E-state index in [1.807, 2.05) is 36.4 Å². The lowest BCUT2D eigenvalue weighted by Gasteiger charge is -2.34. The summed E-state index contributed by atoms with van der Waals surface area (Å²) in [5.74, 6) is 0.699. The lowest BCUT2D eigenvalue weighted by Crippen LogP contribution is -2.46. The Morgan fingerprint density at radius 2 is 1.70 bits per heavy atom. The minimum atomic E-state index is 0.0168. The SMILES string of the molecule is COc1ccccc1NC(=O)CCN1CCN(Cc2ccc(Cl)cc2)CC1. The highest BCUT2D eigenvalue weighted by Gasteiger charge is 2.18. The number of anilines is 1. The van der Waals surface area contributed by atoms with Crippen molar-refractivity contribution in [1.29, 1.82) is 0 Å². The van der Waals surface area contributed by atoms with E-state index >= 15 is 0 Å². The molecule has 1 saturated heterocycles. The van der Waals surface area contributed by atoms with Crippen LogP contribution in [0.3, 0.4) is 0 Å². The molecule has 6 heteroatoms. The number of benzene rings is 2. The van der Waals surface area contributed by atoms with Gasteiger partial charge >= 0.3 is 0 Å². The number of rotatable bonds is 7. The standard InChI is InChI=1S/C21H26ClN3O2/c1-27-20-5-3-2-4-19(20)23-21(26)10-11-24-12-14-25(15-13-24)16-17-6-8-18(22)9-7-17/h2-9H,10-16H2,1H3,(H,23,26). The van der Waals surface area contributed by atoms with E-state index in [0.717, 1.165) is 50.0 Å². The van der Waals surface area contributed by atoms with Gasteiger partial charge in [0.25, 0.3) is 0 Å². The summed E-state index contributed by atoms with van der Waals surface area (Å²) in [4.78, 5) is 17.0. The quantitative estimate of drug-likeness (QED) is 0.789. The third-order valence-corrected chi connectivity index (χ3v) is 5.07. The van der Waals surface area contributed by atoms with Crippen LogP contribution >= 0.6 is 11.6 Å². The number of halogens is 1. The molecule has 0 aliphatic carbocycles. The van der Waals surface area contributed by atoms with Gasteiger partial charge in [0.15, 0.2) is 0 Å². The minimum Gasteiger partial charge on any atom is -0.495 e. The number of hydrogen-bond donors (Lipinski definition) is 1. The summed E-state index contributed by atoms with van der Waals surface area (Å²) in [5, 5.41) is 3.71. The maximum Gasteiger partial charge on any atom is 0.225 e. The van der Waals surface area contributed by atoms with Gasteiger partial charge in [0.05, 0.1) is 12.8 Å². The molecule has 0 radical (unpaired) electrons. The molecule has 1 fully saturated rings. The molecule has 2 aromatic rings. The molecule has 1 amide bonds. The molecule has 1 aliphatic rings. The van der Waals surface area contributed by atoms with Gasteiger partial charge in [-0.2, -0.15) is 0 Å². The summed E-state index contributed by atoms with van der Waals surface area (Å²) < 4.78 is 5.27. The monoisotopic (exact) mass is 387 g/mol. The van der Waals surface area contributed by atoms with Crippen LogP contribution < -0.4 is 10.1 Å². The summed E-state index contributed by atoms with van der Waals surface area (Å²) >= 11 is 5.94. The van der Waals surface area contributed by atoms with Crippen molar-refractivity contribution in [3.63, 3.8) is 0 Å². The predicted molar refractivity (Wildman–Crippen MR) is 109 cm³/mol. The summed E-state index contributed by atoms with van der Waals surface area (Å²) in [6, 6.07) is 15.5. The van der Waals surface area contributed by atoms with Gasteiger partial charge in [0.2, 0.25) is 5.91 Å². The average molecular weight is 388 g/mol. The summed E-state index contributed by atoms with van der Waals surface area (Å²) in [5.41, 5.74) is 2.00. The number of methoxy groups -OCH3 is 1.